The molecular formula is C12H18N4O3S. The molecule has 0 unspecified atom stereocenters. The molecule has 2 aromatic heterocycles. The van der Waals surface area contributed by atoms with Crippen molar-refractivity contribution in [2.24, 2.45) is 7.05 Å². The number of imidazole rings is 1. The highest BCUT2D eigenvalue weighted by Crippen LogP contribution is 2.17. The molecule has 0 spiro atoms. The molecule has 0 aliphatic rings. The van der Waals surface area contributed by atoms with Crippen LogP contribution in [-0.2, 0) is 13.6 Å². The van der Waals surface area contributed by atoms with E-state index in [0.717, 1.165) is 16.7 Å². The third-order valence-corrected chi connectivity index (χ3v) is 4.02. The Morgan fingerprint density at radius 1 is 1.40 bits per heavy atom. The highest BCUT2D eigenvalue weighted by atomic mass is 32.2. The molecule has 0 aromatic carbocycles. The zero-order chi connectivity index (χ0) is 14.7. The molecule has 2 rings (SSSR count). The summed E-state index contributed by atoms with van der Waals surface area (Å²) in [7, 11) is 1.44. The fourth-order valence-corrected chi connectivity index (χ4v) is 2.63. The Balaban J connectivity index is 2.60. The van der Waals surface area contributed by atoms with Gasteiger partial charge in [0.2, 0.25) is 0 Å². The van der Waals surface area contributed by atoms with Crippen molar-refractivity contribution in [3.05, 3.63) is 20.8 Å². The Bertz CT molecular complexity index is 716. The van der Waals surface area contributed by atoms with Gasteiger partial charge in [-0.05, 0) is 12.8 Å². The van der Waals surface area contributed by atoms with E-state index in [1.807, 2.05) is 0 Å². The molecule has 110 valence electrons. The molecule has 0 saturated heterocycles. The SMILES string of the molecule is CCCSc1nc2c([nH]1)c(=O)n(C)c(=O)n2CCCO. The van der Waals surface area contributed by atoms with Gasteiger partial charge in [-0.2, -0.15) is 0 Å². The van der Waals surface area contributed by atoms with Crippen LogP contribution in [0.5, 0.6) is 0 Å². The minimum Gasteiger partial charge on any atom is -0.396 e. The van der Waals surface area contributed by atoms with Crippen LogP contribution in [0.3, 0.4) is 0 Å². The van der Waals surface area contributed by atoms with Crippen molar-refractivity contribution in [2.75, 3.05) is 12.4 Å². The van der Waals surface area contributed by atoms with Crippen LogP contribution in [0.25, 0.3) is 11.2 Å². The van der Waals surface area contributed by atoms with Gasteiger partial charge in [-0.15, -0.1) is 0 Å². The van der Waals surface area contributed by atoms with Crippen molar-refractivity contribution in [1.82, 2.24) is 19.1 Å². The number of aromatic nitrogens is 4. The van der Waals surface area contributed by atoms with Crippen LogP contribution in [0.4, 0.5) is 0 Å². The van der Waals surface area contributed by atoms with Crippen LogP contribution in [0.1, 0.15) is 19.8 Å². The number of hydrogen-bond donors (Lipinski definition) is 2. The second kappa shape index (κ2) is 6.27. The van der Waals surface area contributed by atoms with Gasteiger partial charge < -0.3 is 10.1 Å². The molecule has 0 saturated carbocycles. The zero-order valence-corrected chi connectivity index (χ0v) is 12.4. The van der Waals surface area contributed by atoms with Crippen molar-refractivity contribution in [3.8, 4) is 0 Å². The Kier molecular flexibility index (Phi) is 4.66. The fourth-order valence-electron chi connectivity index (χ4n) is 1.91. The summed E-state index contributed by atoms with van der Waals surface area (Å²) < 4.78 is 2.49. The maximum absolute atomic E-state index is 12.1. The first-order chi connectivity index (χ1) is 9.60. The van der Waals surface area contributed by atoms with Gasteiger partial charge in [0.25, 0.3) is 5.56 Å². The topological polar surface area (TPSA) is 92.9 Å². The molecule has 2 aromatic rings. The second-order valence-electron chi connectivity index (χ2n) is 4.46. The Hall–Kier alpha value is -1.54. The van der Waals surface area contributed by atoms with E-state index in [4.69, 9.17) is 5.11 Å². The Morgan fingerprint density at radius 3 is 2.80 bits per heavy atom. The smallest absolute Gasteiger partial charge is 0.332 e. The van der Waals surface area contributed by atoms with Crippen LogP contribution >= 0.6 is 11.8 Å². The van der Waals surface area contributed by atoms with Crippen molar-refractivity contribution in [2.45, 2.75) is 31.5 Å². The van der Waals surface area contributed by atoms with Gasteiger partial charge in [-0.3, -0.25) is 13.9 Å². The lowest BCUT2D eigenvalue weighted by Crippen LogP contribution is -2.38. The summed E-state index contributed by atoms with van der Waals surface area (Å²) in [5.74, 6) is 0.890. The predicted octanol–water partition coefficient (Wildman–Crippen LogP) is 0.308. The average Bonchev–Trinajstić information content (AvgIpc) is 2.87. The first kappa shape index (κ1) is 14.9. The first-order valence-corrected chi connectivity index (χ1v) is 7.52. The third kappa shape index (κ3) is 2.66. The summed E-state index contributed by atoms with van der Waals surface area (Å²) in [6, 6.07) is 0. The number of rotatable bonds is 6. The molecule has 7 nitrogen and oxygen atoms in total. The van der Waals surface area contributed by atoms with E-state index in [1.165, 1.54) is 23.4 Å². The van der Waals surface area contributed by atoms with Crippen molar-refractivity contribution >= 4 is 22.9 Å². The quantitative estimate of drug-likeness (QED) is 0.749. The second-order valence-corrected chi connectivity index (χ2v) is 5.55. The van der Waals surface area contributed by atoms with Crippen LogP contribution in [-0.4, -0.2) is 36.6 Å². The third-order valence-electron chi connectivity index (χ3n) is 2.94. The highest BCUT2D eigenvalue weighted by Gasteiger charge is 2.15. The maximum Gasteiger partial charge on any atom is 0.332 e. The molecule has 0 amide bonds. The molecule has 0 radical (unpaired) electrons. The van der Waals surface area contributed by atoms with Gasteiger partial charge >= 0.3 is 5.69 Å². The number of fused-ring (bicyclic) bond motifs is 1. The van der Waals surface area contributed by atoms with E-state index in [2.05, 4.69) is 16.9 Å². The largest absolute Gasteiger partial charge is 0.396 e. The Labute approximate surface area is 119 Å². The summed E-state index contributed by atoms with van der Waals surface area (Å²) in [6.07, 6.45) is 1.44. The fraction of sp³-hybridized carbons (Fsp3) is 0.583. The normalized spacial score (nSPS) is 11.3. The average molecular weight is 298 g/mol. The van der Waals surface area contributed by atoms with E-state index >= 15 is 0 Å². The summed E-state index contributed by atoms with van der Waals surface area (Å²) in [5.41, 5.74) is -0.0793. The van der Waals surface area contributed by atoms with E-state index in [-0.39, 0.29) is 12.2 Å². The summed E-state index contributed by atoms with van der Waals surface area (Å²) in [6.45, 7) is 2.38. The number of thioether (sulfide) groups is 1. The minimum atomic E-state index is -0.408. The highest BCUT2D eigenvalue weighted by molar-refractivity contribution is 7.99. The van der Waals surface area contributed by atoms with Crippen LogP contribution in [0.15, 0.2) is 14.7 Å². The van der Waals surface area contributed by atoms with Crippen molar-refractivity contribution in [3.63, 3.8) is 0 Å². The van der Waals surface area contributed by atoms with E-state index < -0.39 is 5.69 Å². The number of nitrogens with one attached hydrogen (secondary N) is 1. The lowest BCUT2D eigenvalue weighted by atomic mass is 10.4. The van der Waals surface area contributed by atoms with Gasteiger partial charge in [0, 0.05) is 26.0 Å². The summed E-state index contributed by atoms with van der Waals surface area (Å²) in [5, 5.41) is 9.56. The molecular weight excluding hydrogens is 280 g/mol. The number of H-pyrrole nitrogens is 1. The summed E-state index contributed by atoms with van der Waals surface area (Å²) >= 11 is 1.52. The molecule has 20 heavy (non-hydrogen) atoms. The molecule has 0 fully saturated rings. The van der Waals surface area contributed by atoms with E-state index in [0.29, 0.717) is 29.3 Å². The van der Waals surface area contributed by atoms with Crippen LogP contribution in [0, 0.1) is 0 Å². The lowest BCUT2D eigenvalue weighted by molar-refractivity contribution is 0.279. The summed E-state index contributed by atoms with van der Waals surface area (Å²) in [4.78, 5) is 31.5. The van der Waals surface area contributed by atoms with Crippen molar-refractivity contribution < 1.29 is 5.11 Å². The Morgan fingerprint density at radius 2 is 2.15 bits per heavy atom. The monoisotopic (exact) mass is 298 g/mol. The first-order valence-electron chi connectivity index (χ1n) is 6.53. The molecule has 2 N–H and O–H groups in total. The number of hydrogen-bond acceptors (Lipinski definition) is 5. The van der Waals surface area contributed by atoms with E-state index in [1.54, 1.807) is 0 Å². The van der Waals surface area contributed by atoms with Gasteiger partial charge in [0.15, 0.2) is 16.3 Å². The van der Waals surface area contributed by atoms with Gasteiger partial charge in [0.1, 0.15) is 0 Å². The van der Waals surface area contributed by atoms with E-state index in [9.17, 15) is 9.59 Å². The number of aromatic amines is 1. The molecule has 0 aliphatic carbocycles. The predicted molar refractivity (Wildman–Crippen MR) is 78.3 cm³/mol. The zero-order valence-electron chi connectivity index (χ0n) is 11.5. The standard InChI is InChI=1S/C12H18N4O3S/c1-3-7-20-11-13-8-9(14-11)16(5-4-6-17)12(19)15(2)10(8)18/h17H,3-7H2,1-2H3,(H,13,14). The number of aryl methyl sites for hydroxylation is 1. The maximum atomic E-state index is 12.1. The number of aliphatic hydroxyl groups excluding tert-OH is 1. The van der Waals surface area contributed by atoms with Gasteiger partial charge in [-0.25, -0.2) is 9.78 Å². The minimum absolute atomic E-state index is 0.0152. The molecule has 0 atom stereocenters. The van der Waals surface area contributed by atoms with Crippen LogP contribution in [0.2, 0.25) is 0 Å². The van der Waals surface area contributed by atoms with Crippen LogP contribution < -0.4 is 11.2 Å². The molecule has 0 bridgehead atoms. The molecule has 0 aliphatic heterocycles. The molecule has 8 heteroatoms. The molecule has 2 heterocycles. The lowest BCUT2D eigenvalue weighted by Gasteiger charge is -2.06. The van der Waals surface area contributed by atoms with Gasteiger partial charge in [-0.1, -0.05) is 18.7 Å². The van der Waals surface area contributed by atoms with Gasteiger partial charge in [0.05, 0.1) is 0 Å². The number of aliphatic hydroxyl groups is 1. The number of nitrogens with zero attached hydrogens (tertiary/aromatic N) is 3. The van der Waals surface area contributed by atoms with Crippen molar-refractivity contribution in [1.29, 1.82) is 0 Å².